The van der Waals surface area contributed by atoms with Gasteiger partial charge in [0.2, 0.25) is 0 Å². The molecule has 2 aromatic rings. The van der Waals surface area contributed by atoms with Gasteiger partial charge in [0.05, 0.1) is 7.11 Å². The van der Waals surface area contributed by atoms with Crippen LogP contribution in [0.5, 0.6) is 5.75 Å². The number of hydrogen-bond donors (Lipinski definition) is 1. The van der Waals surface area contributed by atoms with Gasteiger partial charge in [0.1, 0.15) is 5.82 Å². The number of hydrogen-bond acceptors (Lipinski definition) is 5. The summed E-state index contributed by atoms with van der Waals surface area (Å²) in [5.41, 5.74) is 1.38. The summed E-state index contributed by atoms with van der Waals surface area (Å²) in [6.07, 6.45) is 4.09. The molecule has 132 valence electrons. The summed E-state index contributed by atoms with van der Waals surface area (Å²) in [5, 5.41) is 2.84. The molecule has 1 saturated heterocycles. The van der Waals surface area contributed by atoms with Gasteiger partial charge >= 0.3 is 0 Å². The number of nitrogens with zero attached hydrogens (tertiary/aromatic N) is 3. The van der Waals surface area contributed by atoms with Crippen molar-refractivity contribution in [2.45, 2.75) is 26.7 Å². The van der Waals surface area contributed by atoms with Crippen LogP contribution in [-0.2, 0) is 0 Å². The van der Waals surface area contributed by atoms with Gasteiger partial charge < -0.3 is 15.0 Å². The van der Waals surface area contributed by atoms with Gasteiger partial charge in [0.15, 0.2) is 11.6 Å². The van der Waals surface area contributed by atoms with E-state index in [2.05, 4.69) is 27.1 Å². The SMILES string of the molecule is COc1ccc(C)nc1NC(=O)c1ccnc(N2CCCC(C)C2)c1. The summed E-state index contributed by atoms with van der Waals surface area (Å²) >= 11 is 0. The lowest BCUT2D eigenvalue weighted by molar-refractivity contribution is 0.102. The second-order valence-electron chi connectivity index (χ2n) is 6.55. The van der Waals surface area contributed by atoms with Crippen LogP contribution in [0.2, 0.25) is 0 Å². The van der Waals surface area contributed by atoms with E-state index in [1.165, 1.54) is 6.42 Å². The van der Waals surface area contributed by atoms with Gasteiger partial charge in [0.25, 0.3) is 5.91 Å². The van der Waals surface area contributed by atoms with Crippen molar-refractivity contribution in [2.24, 2.45) is 5.92 Å². The van der Waals surface area contributed by atoms with Crippen LogP contribution in [0.3, 0.4) is 0 Å². The monoisotopic (exact) mass is 340 g/mol. The van der Waals surface area contributed by atoms with E-state index in [0.717, 1.165) is 31.0 Å². The molecular formula is C19H24N4O2. The Kier molecular flexibility index (Phi) is 5.16. The molecule has 1 unspecified atom stereocenters. The van der Waals surface area contributed by atoms with Crippen molar-refractivity contribution in [1.82, 2.24) is 9.97 Å². The Hall–Kier alpha value is -2.63. The highest BCUT2D eigenvalue weighted by atomic mass is 16.5. The van der Waals surface area contributed by atoms with Crippen LogP contribution in [-0.4, -0.2) is 36.1 Å². The quantitative estimate of drug-likeness (QED) is 0.925. The first-order chi connectivity index (χ1) is 12.1. The molecule has 3 heterocycles. The number of aromatic nitrogens is 2. The largest absolute Gasteiger partial charge is 0.493 e. The van der Waals surface area contributed by atoms with Crippen molar-refractivity contribution in [3.63, 3.8) is 0 Å². The number of amides is 1. The van der Waals surface area contributed by atoms with E-state index in [4.69, 9.17) is 4.74 Å². The third-order valence-electron chi connectivity index (χ3n) is 4.44. The number of piperidine rings is 1. The lowest BCUT2D eigenvalue weighted by Gasteiger charge is -2.31. The number of aryl methyl sites for hydroxylation is 1. The number of pyridine rings is 2. The zero-order chi connectivity index (χ0) is 17.8. The van der Waals surface area contributed by atoms with E-state index in [-0.39, 0.29) is 5.91 Å². The van der Waals surface area contributed by atoms with E-state index >= 15 is 0 Å². The van der Waals surface area contributed by atoms with Crippen LogP contribution in [0.25, 0.3) is 0 Å². The maximum Gasteiger partial charge on any atom is 0.257 e. The summed E-state index contributed by atoms with van der Waals surface area (Å²) in [4.78, 5) is 23.7. The molecule has 1 N–H and O–H groups in total. The Morgan fingerprint density at radius 3 is 2.96 bits per heavy atom. The van der Waals surface area contributed by atoms with Gasteiger partial charge in [-0.1, -0.05) is 6.92 Å². The zero-order valence-electron chi connectivity index (χ0n) is 15.0. The van der Waals surface area contributed by atoms with E-state index in [0.29, 0.717) is 23.0 Å². The minimum absolute atomic E-state index is 0.217. The van der Waals surface area contributed by atoms with Crippen molar-refractivity contribution in [2.75, 3.05) is 30.4 Å². The Labute approximate surface area is 148 Å². The summed E-state index contributed by atoms with van der Waals surface area (Å²) in [6, 6.07) is 7.20. The Balaban J connectivity index is 1.79. The molecule has 0 radical (unpaired) electrons. The van der Waals surface area contributed by atoms with Gasteiger partial charge in [-0.15, -0.1) is 0 Å². The Morgan fingerprint density at radius 1 is 1.36 bits per heavy atom. The third kappa shape index (κ3) is 4.07. The number of carbonyl (C=O) groups excluding carboxylic acids is 1. The van der Waals surface area contributed by atoms with Crippen molar-refractivity contribution >= 4 is 17.5 Å². The predicted octanol–water partition coefficient (Wildman–Crippen LogP) is 3.28. The molecule has 6 heteroatoms. The average molecular weight is 340 g/mol. The molecule has 0 saturated carbocycles. The van der Waals surface area contributed by atoms with Crippen LogP contribution >= 0.6 is 0 Å². The first kappa shape index (κ1) is 17.2. The molecule has 0 spiro atoms. The number of rotatable bonds is 4. The van der Waals surface area contributed by atoms with E-state index in [1.807, 2.05) is 19.1 Å². The van der Waals surface area contributed by atoms with Crippen molar-refractivity contribution in [3.05, 3.63) is 41.7 Å². The van der Waals surface area contributed by atoms with Crippen LogP contribution < -0.4 is 15.0 Å². The highest BCUT2D eigenvalue weighted by Crippen LogP contribution is 2.24. The van der Waals surface area contributed by atoms with Crippen molar-refractivity contribution < 1.29 is 9.53 Å². The molecule has 1 amide bonds. The number of anilines is 2. The highest BCUT2D eigenvalue weighted by molar-refractivity contribution is 6.04. The Morgan fingerprint density at radius 2 is 2.20 bits per heavy atom. The van der Waals surface area contributed by atoms with Gasteiger partial charge in [-0.25, -0.2) is 9.97 Å². The summed E-state index contributed by atoms with van der Waals surface area (Å²) in [5.74, 6) is 2.25. The first-order valence-corrected chi connectivity index (χ1v) is 8.61. The van der Waals surface area contributed by atoms with Gasteiger partial charge in [-0.3, -0.25) is 4.79 Å². The molecule has 25 heavy (non-hydrogen) atoms. The standard InChI is InChI=1S/C19H24N4O2/c1-13-5-4-10-23(12-13)17-11-15(8-9-20-17)19(24)22-18-16(25-3)7-6-14(2)21-18/h6-9,11,13H,4-5,10,12H2,1-3H3,(H,21,22,24). The number of methoxy groups -OCH3 is 1. The summed E-state index contributed by atoms with van der Waals surface area (Å²) in [6.45, 7) is 6.08. The lowest BCUT2D eigenvalue weighted by atomic mass is 10.0. The van der Waals surface area contributed by atoms with Crippen molar-refractivity contribution in [3.8, 4) is 5.75 Å². The second-order valence-corrected chi connectivity index (χ2v) is 6.55. The first-order valence-electron chi connectivity index (χ1n) is 8.61. The number of nitrogens with one attached hydrogen (secondary N) is 1. The lowest BCUT2D eigenvalue weighted by Crippen LogP contribution is -2.34. The molecule has 1 aliphatic rings. The zero-order valence-corrected chi connectivity index (χ0v) is 15.0. The molecule has 3 rings (SSSR count). The highest BCUT2D eigenvalue weighted by Gasteiger charge is 2.19. The fraction of sp³-hybridized carbons (Fsp3) is 0.421. The molecule has 1 aliphatic heterocycles. The van der Waals surface area contributed by atoms with Crippen molar-refractivity contribution in [1.29, 1.82) is 0 Å². The fourth-order valence-corrected chi connectivity index (χ4v) is 3.11. The molecule has 1 atom stereocenters. The van der Waals surface area contributed by atoms with Crippen LogP contribution in [0, 0.1) is 12.8 Å². The average Bonchev–Trinajstić information content (AvgIpc) is 2.62. The minimum Gasteiger partial charge on any atom is -0.493 e. The second kappa shape index (κ2) is 7.51. The summed E-state index contributed by atoms with van der Waals surface area (Å²) < 4.78 is 5.27. The third-order valence-corrected chi connectivity index (χ3v) is 4.44. The molecule has 0 bridgehead atoms. The van der Waals surface area contributed by atoms with Crippen LogP contribution in [0.1, 0.15) is 35.8 Å². The van der Waals surface area contributed by atoms with Gasteiger partial charge in [-0.2, -0.15) is 0 Å². The molecule has 6 nitrogen and oxygen atoms in total. The maximum atomic E-state index is 12.6. The summed E-state index contributed by atoms with van der Waals surface area (Å²) in [7, 11) is 1.56. The van der Waals surface area contributed by atoms with Crippen LogP contribution in [0.15, 0.2) is 30.5 Å². The van der Waals surface area contributed by atoms with Crippen LogP contribution in [0.4, 0.5) is 11.6 Å². The van der Waals surface area contributed by atoms with Gasteiger partial charge in [0, 0.05) is 30.5 Å². The van der Waals surface area contributed by atoms with E-state index in [9.17, 15) is 4.79 Å². The molecule has 0 aromatic carbocycles. The molecule has 0 aliphatic carbocycles. The number of carbonyl (C=O) groups is 1. The van der Waals surface area contributed by atoms with E-state index in [1.54, 1.807) is 25.4 Å². The maximum absolute atomic E-state index is 12.6. The minimum atomic E-state index is -0.217. The normalized spacial score (nSPS) is 17.2. The predicted molar refractivity (Wildman–Crippen MR) is 98.3 cm³/mol. The molecule has 1 fully saturated rings. The molecular weight excluding hydrogens is 316 g/mol. The number of ether oxygens (including phenoxy) is 1. The smallest absolute Gasteiger partial charge is 0.257 e. The Bertz CT molecular complexity index is 763. The van der Waals surface area contributed by atoms with Gasteiger partial charge in [-0.05, 0) is 49.9 Å². The van der Waals surface area contributed by atoms with E-state index < -0.39 is 0 Å². The topological polar surface area (TPSA) is 67.3 Å². The fourth-order valence-electron chi connectivity index (χ4n) is 3.11. The molecule has 2 aromatic heterocycles.